The van der Waals surface area contributed by atoms with Crippen LogP contribution >= 0.6 is 0 Å². The summed E-state index contributed by atoms with van der Waals surface area (Å²) in [7, 11) is 3.69. The summed E-state index contributed by atoms with van der Waals surface area (Å²) in [6.45, 7) is 2.37. The van der Waals surface area contributed by atoms with Gasteiger partial charge in [0.05, 0.1) is 6.54 Å². The van der Waals surface area contributed by atoms with Crippen molar-refractivity contribution in [2.75, 3.05) is 12.4 Å². The SMILES string of the molecule is CNC(C)c1ccc(NC(=O)NCc2ncn(C)n2)cc1. The third kappa shape index (κ3) is 4.28. The van der Waals surface area contributed by atoms with Crippen molar-refractivity contribution in [1.29, 1.82) is 0 Å². The highest BCUT2D eigenvalue weighted by molar-refractivity contribution is 5.89. The molecular formula is C14H20N6O. The number of benzene rings is 1. The van der Waals surface area contributed by atoms with E-state index in [1.165, 1.54) is 5.56 Å². The monoisotopic (exact) mass is 288 g/mol. The lowest BCUT2D eigenvalue weighted by molar-refractivity contribution is 0.251. The lowest BCUT2D eigenvalue weighted by Gasteiger charge is -2.11. The van der Waals surface area contributed by atoms with Gasteiger partial charge in [-0.3, -0.25) is 4.68 Å². The number of rotatable bonds is 5. The zero-order chi connectivity index (χ0) is 15.2. The highest BCUT2D eigenvalue weighted by atomic mass is 16.2. The number of carbonyl (C=O) groups excluding carboxylic acids is 1. The fourth-order valence-electron chi connectivity index (χ4n) is 1.82. The number of aromatic nitrogens is 3. The number of hydrogen-bond donors (Lipinski definition) is 3. The van der Waals surface area contributed by atoms with Crippen LogP contribution in [0.5, 0.6) is 0 Å². The van der Waals surface area contributed by atoms with E-state index < -0.39 is 0 Å². The Morgan fingerprint density at radius 3 is 2.62 bits per heavy atom. The molecule has 112 valence electrons. The molecule has 0 saturated carbocycles. The Bertz CT molecular complexity index is 592. The van der Waals surface area contributed by atoms with Crippen molar-refractivity contribution in [2.24, 2.45) is 7.05 Å². The predicted octanol–water partition coefficient (Wildman–Crippen LogP) is 1.42. The van der Waals surface area contributed by atoms with Gasteiger partial charge in [0.25, 0.3) is 0 Å². The Morgan fingerprint density at radius 2 is 2.05 bits per heavy atom. The number of carbonyl (C=O) groups is 1. The number of nitrogens with zero attached hydrogens (tertiary/aromatic N) is 3. The van der Waals surface area contributed by atoms with Gasteiger partial charge in [-0.2, -0.15) is 5.10 Å². The second-order valence-corrected chi connectivity index (χ2v) is 4.77. The third-order valence-electron chi connectivity index (χ3n) is 3.16. The summed E-state index contributed by atoms with van der Waals surface area (Å²) in [5.74, 6) is 0.575. The molecule has 0 radical (unpaired) electrons. The molecule has 0 aliphatic rings. The van der Waals surface area contributed by atoms with Crippen LogP contribution in [-0.2, 0) is 13.6 Å². The maximum Gasteiger partial charge on any atom is 0.319 e. The van der Waals surface area contributed by atoms with Crippen LogP contribution < -0.4 is 16.0 Å². The van der Waals surface area contributed by atoms with Gasteiger partial charge in [0.1, 0.15) is 6.33 Å². The first-order valence-corrected chi connectivity index (χ1v) is 6.75. The molecule has 7 nitrogen and oxygen atoms in total. The quantitative estimate of drug-likeness (QED) is 0.777. The summed E-state index contributed by atoms with van der Waals surface area (Å²) < 4.78 is 1.59. The van der Waals surface area contributed by atoms with E-state index in [2.05, 4.69) is 33.0 Å². The Morgan fingerprint density at radius 1 is 1.33 bits per heavy atom. The fraction of sp³-hybridized carbons (Fsp3) is 0.357. The van der Waals surface area contributed by atoms with E-state index in [9.17, 15) is 4.79 Å². The molecule has 2 aromatic rings. The van der Waals surface area contributed by atoms with Gasteiger partial charge in [-0.05, 0) is 31.7 Å². The Hall–Kier alpha value is -2.41. The summed E-state index contributed by atoms with van der Waals surface area (Å²) in [4.78, 5) is 15.8. The molecule has 1 aromatic heterocycles. The van der Waals surface area contributed by atoms with Crippen LogP contribution in [0.1, 0.15) is 24.4 Å². The van der Waals surface area contributed by atoms with Crippen LogP contribution in [0.4, 0.5) is 10.5 Å². The molecule has 0 spiro atoms. The Labute approximate surface area is 123 Å². The summed E-state index contributed by atoms with van der Waals surface area (Å²) >= 11 is 0. The van der Waals surface area contributed by atoms with Crippen molar-refractivity contribution >= 4 is 11.7 Å². The van der Waals surface area contributed by atoms with Crippen LogP contribution in [0.2, 0.25) is 0 Å². The molecule has 0 fully saturated rings. The molecule has 1 atom stereocenters. The average Bonchev–Trinajstić information content (AvgIpc) is 2.91. The second-order valence-electron chi connectivity index (χ2n) is 4.77. The smallest absolute Gasteiger partial charge is 0.319 e. The molecule has 0 aliphatic carbocycles. The highest BCUT2D eigenvalue weighted by Gasteiger charge is 2.05. The van der Waals surface area contributed by atoms with Gasteiger partial charge >= 0.3 is 6.03 Å². The van der Waals surface area contributed by atoms with Crippen LogP contribution in [0.25, 0.3) is 0 Å². The largest absolute Gasteiger partial charge is 0.330 e. The number of aryl methyl sites for hydroxylation is 1. The molecule has 0 bridgehead atoms. The van der Waals surface area contributed by atoms with Crippen LogP contribution in [-0.4, -0.2) is 27.8 Å². The average molecular weight is 288 g/mol. The molecule has 0 aliphatic heterocycles. The highest BCUT2D eigenvalue weighted by Crippen LogP contribution is 2.15. The third-order valence-corrected chi connectivity index (χ3v) is 3.16. The first-order valence-electron chi connectivity index (χ1n) is 6.75. The molecule has 2 rings (SSSR count). The Balaban J connectivity index is 1.84. The molecule has 7 heteroatoms. The van der Waals surface area contributed by atoms with E-state index in [4.69, 9.17) is 0 Å². The first kappa shape index (κ1) is 15.0. The first-order chi connectivity index (χ1) is 10.1. The normalized spacial score (nSPS) is 12.0. The summed E-state index contributed by atoms with van der Waals surface area (Å²) in [5.41, 5.74) is 1.91. The number of anilines is 1. The van der Waals surface area contributed by atoms with Crippen molar-refractivity contribution in [3.8, 4) is 0 Å². The number of amides is 2. The van der Waals surface area contributed by atoms with Gasteiger partial charge < -0.3 is 16.0 Å². The molecule has 1 aromatic carbocycles. The number of hydrogen-bond acceptors (Lipinski definition) is 4. The van der Waals surface area contributed by atoms with E-state index in [-0.39, 0.29) is 12.1 Å². The predicted molar refractivity (Wildman–Crippen MR) is 80.8 cm³/mol. The van der Waals surface area contributed by atoms with E-state index in [1.807, 2.05) is 31.3 Å². The van der Waals surface area contributed by atoms with Gasteiger partial charge in [0.2, 0.25) is 0 Å². The van der Waals surface area contributed by atoms with Gasteiger partial charge in [-0.15, -0.1) is 0 Å². The second kappa shape index (κ2) is 6.85. The Kier molecular flexibility index (Phi) is 4.89. The standard InChI is InChI=1S/C14H20N6O/c1-10(15-2)11-4-6-12(7-5-11)18-14(21)16-8-13-17-9-20(3)19-13/h4-7,9-10,15H,8H2,1-3H3,(H2,16,18,21). The van der Waals surface area contributed by atoms with E-state index in [1.54, 1.807) is 18.1 Å². The topological polar surface area (TPSA) is 83.9 Å². The lowest BCUT2D eigenvalue weighted by Crippen LogP contribution is -2.28. The maximum atomic E-state index is 11.8. The van der Waals surface area contributed by atoms with Gasteiger partial charge in [0, 0.05) is 18.8 Å². The minimum atomic E-state index is -0.281. The lowest BCUT2D eigenvalue weighted by atomic mass is 10.1. The minimum Gasteiger partial charge on any atom is -0.330 e. The van der Waals surface area contributed by atoms with Crippen molar-refractivity contribution in [3.05, 3.63) is 42.0 Å². The summed E-state index contributed by atoms with van der Waals surface area (Å²) in [6.07, 6.45) is 1.59. The molecule has 1 heterocycles. The van der Waals surface area contributed by atoms with Crippen molar-refractivity contribution in [2.45, 2.75) is 19.5 Å². The maximum absolute atomic E-state index is 11.8. The van der Waals surface area contributed by atoms with Crippen molar-refractivity contribution in [3.63, 3.8) is 0 Å². The zero-order valence-corrected chi connectivity index (χ0v) is 12.4. The minimum absolute atomic E-state index is 0.281. The molecular weight excluding hydrogens is 268 g/mol. The van der Waals surface area contributed by atoms with Gasteiger partial charge in [-0.25, -0.2) is 9.78 Å². The molecule has 1 unspecified atom stereocenters. The summed E-state index contributed by atoms with van der Waals surface area (Å²) in [5, 5.41) is 12.7. The van der Waals surface area contributed by atoms with Crippen molar-refractivity contribution < 1.29 is 4.79 Å². The van der Waals surface area contributed by atoms with Gasteiger partial charge in [-0.1, -0.05) is 12.1 Å². The van der Waals surface area contributed by atoms with E-state index >= 15 is 0 Å². The zero-order valence-electron chi connectivity index (χ0n) is 12.4. The molecule has 2 amide bonds. The van der Waals surface area contributed by atoms with Gasteiger partial charge in [0.15, 0.2) is 5.82 Å². The molecule has 21 heavy (non-hydrogen) atoms. The van der Waals surface area contributed by atoms with E-state index in [0.717, 1.165) is 5.69 Å². The fourth-order valence-corrected chi connectivity index (χ4v) is 1.82. The van der Waals surface area contributed by atoms with Crippen LogP contribution in [0.3, 0.4) is 0 Å². The molecule has 3 N–H and O–H groups in total. The number of nitrogens with one attached hydrogen (secondary N) is 3. The van der Waals surface area contributed by atoms with Crippen molar-refractivity contribution in [1.82, 2.24) is 25.4 Å². The summed E-state index contributed by atoms with van der Waals surface area (Å²) in [6, 6.07) is 7.72. The van der Waals surface area contributed by atoms with E-state index in [0.29, 0.717) is 12.4 Å². The van der Waals surface area contributed by atoms with Crippen LogP contribution in [0.15, 0.2) is 30.6 Å². The number of urea groups is 1. The van der Waals surface area contributed by atoms with Crippen LogP contribution in [0, 0.1) is 0 Å². The molecule has 0 saturated heterocycles.